The van der Waals surface area contributed by atoms with Crippen molar-refractivity contribution in [3.63, 3.8) is 0 Å². The molecule has 1 heterocycles. The van der Waals surface area contributed by atoms with Crippen LogP contribution < -0.4 is 10.6 Å². The number of ether oxygens (including phenoxy) is 5. The third kappa shape index (κ3) is 13.2. The van der Waals surface area contributed by atoms with E-state index in [-0.39, 0.29) is 37.8 Å². The van der Waals surface area contributed by atoms with Gasteiger partial charge in [-0.1, -0.05) is 25.1 Å². The first-order valence-corrected chi connectivity index (χ1v) is 16.4. The minimum atomic E-state index is -1.30. The maximum Gasteiger partial charge on any atom is 0.407 e. The summed E-state index contributed by atoms with van der Waals surface area (Å²) in [5.74, 6) is -0.912. The Labute approximate surface area is 277 Å². The van der Waals surface area contributed by atoms with Gasteiger partial charge in [-0.15, -0.1) is 0 Å². The van der Waals surface area contributed by atoms with Crippen LogP contribution in [0.1, 0.15) is 93.5 Å². The number of rotatable bonds is 20. The molecule has 1 aliphatic rings. The van der Waals surface area contributed by atoms with E-state index in [9.17, 15) is 18.8 Å². The van der Waals surface area contributed by atoms with Crippen LogP contribution in [0.4, 0.5) is 9.18 Å². The zero-order valence-corrected chi connectivity index (χ0v) is 28.3. The summed E-state index contributed by atoms with van der Waals surface area (Å²) in [7, 11) is 0. The van der Waals surface area contributed by atoms with Crippen LogP contribution in [-0.4, -0.2) is 86.9 Å². The van der Waals surface area contributed by atoms with Crippen molar-refractivity contribution in [3.8, 4) is 0 Å². The van der Waals surface area contributed by atoms with Crippen LogP contribution in [0.2, 0.25) is 0 Å². The molecule has 1 atom stereocenters. The number of esters is 1. The van der Waals surface area contributed by atoms with Crippen LogP contribution in [-0.2, 0) is 34.9 Å². The Morgan fingerprint density at radius 1 is 0.894 bits per heavy atom. The van der Waals surface area contributed by atoms with Gasteiger partial charge < -0.3 is 34.3 Å². The summed E-state index contributed by atoms with van der Waals surface area (Å²) < 4.78 is 40.7. The summed E-state index contributed by atoms with van der Waals surface area (Å²) in [4.78, 5) is 43.0. The van der Waals surface area contributed by atoms with E-state index < -0.39 is 29.1 Å². The van der Waals surface area contributed by atoms with Gasteiger partial charge in [0.05, 0.1) is 39.6 Å². The lowest BCUT2D eigenvalue weighted by Gasteiger charge is -2.31. The third-order valence-electron chi connectivity index (χ3n) is 7.50. The Kier molecular flexibility index (Phi) is 15.0. The lowest BCUT2D eigenvalue weighted by Crippen LogP contribution is -2.55. The topological polar surface area (TPSA) is 134 Å². The molecular formula is C35H50FN3O8. The van der Waals surface area contributed by atoms with Crippen LogP contribution >= 0.6 is 0 Å². The number of alkyl carbamates (subject to hydrolysis) is 1. The maximum absolute atomic E-state index is 13.5. The predicted molar refractivity (Wildman–Crippen MR) is 174 cm³/mol. The number of carbonyl (C=O) groups is 3. The molecule has 1 aromatic carbocycles. The number of nitrogens with one attached hydrogen (secondary N) is 2. The fraction of sp³-hybridized carbons (Fsp3) is 0.600. The Morgan fingerprint density at radius 2 is 1.53 bits per heavy atom. The van der Waals surface area contributed by atoms with E-state index in [1.165, 1.54) is 12.1 Å². The van der Waals surface area contributed by atoms with Gasteiger partial charge in [0, 0.05) is 31.7 Å². The first-order chi connectivity index (χ1) is 22.5. The summed E-state index contributed by atoms with van der Waals surface area (Å²) in [6, 6.07) is 9.89. The molecule has 1 saturated carbocycles. The van der Waals surface area contributed by atoms with Crippen molar-refractivity contribution < 1.29 is 42.5 Å². The molecule has 1 aliphatic carbocycles. The molecule has 11 nitrogen and oxygen atoms in total. The summed E-state index contributed by atoms with van der Waals surface area (Å²) in [6.45, 7) is 11.2. The Hall–Kier alpha value is -3.61. The zero-order valence-electron chi connectivity index (χ0n) is 28.3. The first-order valence-electron chi connectivity index (χ1n) is 16.4. The minimum Gasteiger partial charge on any atom is -0.464 e. The molecule has 0 bridgehead atoms. The van der Waals surface area contributed by atoms with Gasteiger partial charge in [-0.25, -0.2) is 19.0 Å². The van der Waals surface area contributed by atoms with Crippen molar-refractivity contribution in [1.29, 1.82) is 0 Å². The van der Waals surface area contributed by atoms with Gasteiger partial charge in [0.25, 0.3) is 5.91 Å². The van der Waals surface area contributed by atoms with Crippen LogP contribution in [0, 0.1) is 5.82 Å². The summed E-state index contributed by atoms with van der Waals surface area (Å²) in [5, 5.41) is 5.53. The predicted octanol–water partition coefficient (Wildman–Crippen LogP) is 5.10. The fourth-order valence-corrected chi connectivity index (χ4v) is 4.85. The number of hydrogen-bond acceptors (Lipinski definition) is 9. The van der Waals surface area contributed by atoms with Gasteiger partial charge in [0.2, 0.25) is 0 Å². The number of benzene rings is 1. The molecule has 0 radical (unpaired) electrons. The minimum absolute atomic E-state index is 0.167. The van der Waals surface area contributed by atoms with E-state index in [0.717, 1.165) is 29.7 Å². The van der Waals surface area contributed by atoms with Gasteiger partial charge in [0.1, 0.15) is 22.7 Å². The molecule has 0 unspecified atom stereocenters. The van der Waals surface area contributed by atoms with Crippen LogP contribution in [0.25, 0.3) is 0 Å². The molecular weight excluding hydrogens is 609 g/mol. The highest BCUT2D eigenvalue weighted by molar-refractivity contribution is 5.97. The van der Waals surface area contributed by atoms with E-state index >= 15 is 0 Å². The molecule has 2 amide bonds. The lowest BCUT2D eigenvalue weighted by atomic mass is 9.91. The SMILES string of the molecule is CCOC(=O)[C@@](CC)(CCOCCOCCOCCNC(=O)OC(C)(C)C)NC(=O)c1ccc(C2CC2)c(Cc2ccc(F)cc2)n1. The van der Waals surface area contributed by atoms with Crippen LogP contribution in [0.15, 0.2) is 36.4 Å². The monoisotopic (exact) mass is 659 g/mol. The number of amides is 2. The van der Waals surface area contributed by atoms with E-state index in [1.54, 1.807) is 45.9 Å². The van der Waals surface area contributed by atoms with Crippen LogP contribution in [0.3, 0.4) is 0 Å². The van der Waals surface area contributed by atoms with Crippen molar-refractivity contribution >= 4 is 18.0 Å². The van der Waals surface area contributed by atoms with E-state index in [1.807, 2.05) is 13.0 Å². The highest BCUT2D eigenvalue weighted by Crippen LogP contribution is 2.41. The standard InChI is InChI=1S/C35H50FN3O8/c1-6-35(32(41)46-7-2,16-18-43-20-22-45-23-21-44-19-17-37-33(42)47-34(3,4)5)39-31(40)29-15-14-28(26-10-11-26)30(38-29)24-25-8-12-27(36)13-9-25/h8-9,12-15,26H,6-7,10-11,16-24H2,1-5H3,(H,37,42)(H,39,40)/t35-/m1/s1. The highest BCUT2D eigenvalue weighted by Gasteiger charge is 2.40. The second-order valence-corrected chi connectivity index (χ2v) is 12.4. The van der Waals surface area contributed by atoms with Gasteiger partial charge in [-0.3, -0.25) is 4.79 Å². The van der Waals surface area contributed by atoms with Crippen molar-refractivity contribution in [3.05, 3.63) is 64.7 Å². The van der Waals surface area contributed by atoms with Gasteiger partial charge in [-0.05, 0) is 82.2 Å². The summed E-state index contributed by atoms with van der Waals surface area (Å²) in [5.41, 5.74) is 1.11. The molecule has 12 heteroatoms. The molecule has 2 aromatic rings. The third-order valence-corrected chi connectivity index (χ3v) is 7.50. The van der Waals surface area contributed by atoms with E-state index in [0.29, 0.717) is 51.7 Å². The normalized spacial score (nSPS) is 14.3. The first kappa shape index (κ1) is 37.8. The molecule has 260 valence electrons. The second-order valence-electron chi connectivity index (χ2n) is 12.4. The second kappa shape index (κ2) is 18.7. The highest BCUT2D eigenvalue weighted by atomic mass is 19.1. The Balaban J connectivity index is 1.47. The summed E-state index contributed by atoms with van der Waals surface area (Å²) >= 11 is 0. The molecule has 3 rings (SSSR count). The van der Waals surface area contributed by atoms with Crippen molar-refractivity contribution in [2.45, 2.75) is 83.8 Å². The fourth-order valence-electron chi connectivity index (χ4n) is 4.85. The molecule has 0 saturated heterocycles. The average molecular weight is 660 g/mol. The molecule has 2 N–H and O–H groups in total. The molecule has 47 heavy (non-hydrogen) atoms. The number of pyridine rings is 1. The molecule has 0 spiro atoms. The van der Waals surface area contributed by atoms with Crippen LogP contribution in [0.5, 0.6) is 0 Å². The summed E-state index contributed by atoms with van der Waals surface area (Å²) in [6.07, 6.45) is 2.61. The number of aromatic nitrogens is 1. The van der Waals surface area contributed by atoms with Crippen molar-refractivity contribution in [2.24, 2.45) is 0 Å². The van der Waals surface area contributed by atoms with Gasteiger partial charge >= 0.3 is 12.1 Å². The van der Waals surface area contributed by atoms with Gasteiger partial charge in [-0.2, -0.15) is 0 Å². The lowest BCUT2D eigenvalue weighted by molar-refractivity contribution is -0.152. The van der Waals surface area contributed by atoms with Crippen molar-refractivity contribution in [2.75, 3.05) is 52.8 Å². The quantitative estimate of drug-likeness (QED) is 0.147. The maximum atomic E-state index is 13.5. The number of halogens is 1. The van der Waals surface area contributed by atoms with Gasteiger partial charge in [0.15, 0.2) is 0 Å². The molecule has 1 fully saturated rings. The molecule has 1 aromatic heterocycles. The Bertz CT molecular complexity index is 1300. The number of nitrogens with zero attached hydrogens (tertiary/aromatic N) is 1. The zero-order chi connectivity index (χ0) is 34.3. The largest absolute Gasteiger partial charge is 0.464 e. The molecule has 0 aliphatic heterocycles. The van der Waals surface area contributed by atoms with Crippen molar-refractivity contribution in [1.82, 2.24) is 15.6 Å². The van der Waals surface area contributed by atoms with E-state index in [4.69, 9.17) is 28.7 Å². The number of hydrogen-bond donors (Lipinski definition) is 2. The Morgan fingerprint density at radius 3 is 2.13 bits per heavy atom. The van der Waals surface area contributed by atoms with E-state index in [2.05, 4.69) is 10.6 Å². The average Bonchev–Trinajstić information content (AvgIpc) is 3.87. The smallest absolute Gasteiger partial charge is 0.407 e. The number of carbonyl (C=O) groups excluding carboxylic acids is 3.